The minimum atomic E-state index is -0.418. The van der Waals surface area contributed by atoms with Crippen molar-refractivity contribution in [3.63, 3.8) is 0 Å². The minimum absolute atomic E-state index is 0.0195. The molecule has 8 heteroatoms. The van der Waals surface area contributed by atoms with E-state index in [4.69, 9.17) is 14.2 Å². The van der Waals surface area contributed by atoms with Crippen LogP contribution in [-0.4, -0.2) is 46.7 Å². The lowest BCUT2D eigenvalue weighted by atomic mass is 10.2. The molecule has 0 radical (unpaired) electrons. The highest BCUT2D eigenvalue weighted by atomic mass is 79.9. The first-order valence-corrected chi connectivity index (χ1v) is 9.32. The summed E-state index contributed by atoms with van der Waals surface area (Å²) in [5.41, 5.74) is 1.30. The molecule has 3 atom stereocenters. The quantitative estimate of drug-likeness (QED) is 0.778. The van der Waals surface area contributed by atoms with Crippen molar-refractivity contribution in [3.8, 4) is 5.88 Å². The second-order valence-corrected chi connectivity index (χ2v) is 7.20. The highest BCUT2D eigenvalue weighted by Crippen LogP contribution is 2.36. The zero-order chi connectivity index (χ0) is 17.4. The van der Waals surface area contributed by atoms with Crippen molar-refractivity contribution in [2.75, 3.05) is 19.8 Å². The Bertz CT molecular complexity index is 763. The van der Waals surface area contributed by atoms with E-state index in [1.807, 2.05) is 10.6 Å². The number of aliphatic hydroxyl groups excluding tert-OH is 1. The molecular formula is C17H20BrFN2O4. The molecule has 2 aromatic heterocycles. The van der Waals surface area contributed by atoms with E-state index in [-0.39, 0.29) is 29.6 Å². The molecule has 0 amide bonds. The molecule has 25 heavy (non-hydrogen) atoms. The highest BCUT2D eigenvalue weighted by Gasteiger charge is 2.29. The number of halogens is 2. The van der Waals surface area contributed by atoms with Crippen LogP contribution in [0.15, 0.2) is 16.7 Å². The van der Waals surface area contributed by atoms with Crippen molar-refractivity contribution in [1.29, 1.82) is 0 Å². The van der Waals surface area contributed by atoms with E-state index in [0.717, 1.165) is 19.3 Å². The van der Waals surface area contributed by atoms with Crippen LogP contribution < -0.4 is 4.74 Å². The van der Waals surface area contributed by atoms with Crippen LogP contribution in [0.4, 0.5) is 4.39 Å². The molecule has 2 aliphatic heterocycles. The van der Waals surface area contributed by atoms with Crippen molar-refractivity contribution in [2.24, 2.45) is 0 Å². The molecular weight excluding hydrogens is 395 g/mol. The van der Waals surface area contributed by atoms with Crippen LogP contribution in [0.25, 0.3) is 11.0 Å². The number of hydrogen-bond donors (Lipinski definition) is 1. The van der Waals surface area contributed by atoms with Gasteiger partial charge in [-0.1, -0.05) is 0 Å². The van der Waals surface area contributed by atoms with Gasteiger partial charge in [0, 0.05) is 25.2 Å². The molecule has 6 nitrogen and oxygen atoms in total. The van der Waals surface area contributed by atoms with Gasteiger partial charge in [0.05, 0.1) is 30.4 Å². The lowest BCUT2D eigenvalue weighted by Crippen LogP contribution is -2.23. The molecule has 1 N–H and O–H groups in total. The van der Waals surface area contributed by atoms with E-state index < -0.39 is 5.82 Å². The SMILES string of the molecule is OCC1C[C@H](Oc2cc3nc(Br)c(F)cc3n2C2CCCCO2)CO1. The number of fused-ring (bicyclic) bond motifs is 1. The molecule has 0 bridgehead atoms. The molecule has 0 saturated carbocycles. The third kappa shape index (κ3) is 3.40. The zero-order valence-electron chi connectivity index (χ0n) is 13.7. The molecule has 136 valence electrons. The molecule has 2 aromatic rings. The lowest BCUT2D eigenvalue weighted by Gasteiger charge is -2.27. The average molecular weight is 415 g/mol. The van der Waals surface area contributed by atoms with Gasteiger partial charge in [-0.25, -0.2) is 9.37 Å². The standard InChI is InChI=1S/C17H20BrFN2O4/c18-17-12(19)6-14-13(20-17)7-16(21(14)15-3-1-2-4-23-15)25-11-5-10(8-22)24-9-11/h6-7,10-11,15,22H,1-5,8-9H2/t10?,11-,15?/m0/s1. The van der Waals surface area contributed by atoms with Gasteiger partial charge < -0.3 is 19.3 Å². The Morgan fingerprint density at radius 2 is 2.24 bits per heavy atom. The predicted octanol–water partition coefficient (Wildman–Crippen LogP) is 3.17. The van der Waals surface area contributed by atoms with Gasteiger partial charge in [-0.2, -0.15) is 0 Å². The average Bonchev–Trinajstić information content (AvgIpc) is 3.20. The van der Waals surface area contributed by atoms with E-state index in [0.29, 0.717) is 36.5 Å². The number of hydrogen-bond acceptors (Lipinski definition) is 5. The van der Waals surface area contributed by atoms with Crippen LogP contribution in [0.2, 0.25) is 0 Å². The monoisotopic (exact) mass is 414 g/mol. The maximum Gasteiger partial charge on any atom is 0.198 e. The third-order valence-corrected chi connectivity index (χ3v) is 5.23. The topological polar surface area (TPSA) is 65.7 Å². The van der Waals surface area contributed by atoms with Gasteiger partial charge in [0.2, 0.25) is 0 Å². The predicted molar refractivity (Wildman–Crippen MR) is 92.1 cm³/mol. The lowest BCUT2D eigenvalue weighted by molar-refractivity contribution is -0.0350. The summed E-state index contributed by atoms with van der Waals surface area (Å²) in [5, 5.41) is 9.22. The zero-order valence-corrected chi connectivity index (χ0v) is 15.2. The van der Waals surface area contributed by atoms with Gasteiger partial charge >= 0.3 is 0 Å². The van der Waals surface area contributed by atoms with Crippen LogP contribution in [-0.2, 0) is 9.47 Å². The largest absolute Gasteiger partial charge is 0.473 e. The van der Waals surface area contributed by atoms with Gasteiger partial charge in [0.1, 0.15) is 16.9 Å². The Morgan fingerprint density at radius 3 is 2.96 bits per heavy atom. The summed E-state index contributed by atoms with van der Waals surface area (Å²) >= 11 is 3.14. The molecule has 4 heterocycles. The molecule has 2 saturated heterocycles. The summed E-state index contributed by atoms with van der Waals surface area (Å²) in [6, 6.07) is 3.27. The Morgan fingerprint density at radius 1 is 1.36 bits per heavy atom. The van der Waals surface area contributed by atoms with Crippen LogP contribution >= 0.6 is 15.9 Å². The van der Waals surface area contributed by atoms with Gasteiger partial charge in [0.15, 0.2) is 11.7 Å². The second-order valence-electron chi connectivity index (χ2n) is 6.45. The molecule has 4 rings (SSSR count). The second kappa shape index (κ2) is 7.19. The van der Waals surface area contributed by atoms with Crippen LogP contribution in [0.3, 0.4) is 0 Å². The minimum Gasteiger partial charge on any atom is -0.473 e. The Balaban J connectivity index is 1.71. The number of ether oxygens (including phenoxy) is 3. The molecule has 2 fully saturated rings. The summed E-state index contributed by atoms with van der Waals surface area (Å²) in [6.07, 6.45) is 3.00. The normalized spacial score (nSPS) is 27.1. The van der Waals surface area contributed by atoms with Crippen LogP contribution in [0, 0.1) is 5.82 Å². The summed E-state index contributed by atoms with van der Waals surface area (Å²) in [5.74, 6) is 0.179. The molecule has 0 aliphatic carbocycles. The van der Waals surface area contributed by atoms with E-state index in [2.05, 4.69) is 20.9 Å². The number of rotatable bonds is 4. The van der Waals surface area contributed by atoms with Crippen molar-refractivity contribution in [2.45, 2.75) is 44.1 Å². The fourth-order valence-corrected chi connectivity index (χ4v) is 3.75. The first-order chi connectivity index (χ1) is 12.2. The molecule has 0 aromatic carbocycles. The van der Waals surface area contributed by atoms with E-state index in [9.17, 15) is 9.50 Å². The fraction of sp³-hybridized carbons (Fsp3) is 0.588. The van der Waals surface area contributed by atoms with Crippen molar-refractivity contribution < 1.29 is 23.7 Å². The fourth-order valence-electron chi connectivity index (χ4n) is 3.44. The maximum atomic E-state index is 14.1. The first-order valence-electron chi connectivity index (χ1n) is 8.53. The maximum absolute atomic E-state index is 14.1. The molecule has 2 aliphatic rings. The summed E-state index contributed by atoms with van der Waals surface area (Å²) in [4.78, 5) is 4.27. The Hall–Kier alpha value is -1.22. The Kier molecular flexibility index (Phi) is 4.95. The summed E-state index contributed by atoms with van der Waals surface area (Å²) in [7, 11) is 0. The van der Waals surface area contributed by atoms with Gasteiger partial charge in [0.25, 0.3) is 0 Å². The van der Waals surface area contributed by atoms with Crippen LogP contribution in [0.5, 0.6) is 5.88 Å². The van der Waals surface area contributed by atoms with E-state index >= 15 is 0 Å². The van der Waals surface area contributed by atoms with Crippen molar-refractivity contribution >= 4 is 27.0 Å². The smallest absolute Gasteiger partial charge is 0.198 e. The van der Waals surface area contributed by atoms with E-state index in [1.165, 1.54) is 6.07 Å². The number of nitrogens with zero attached hydrogens (tertiary/aromatic N) is 2. The van der Waals surface area contributed by atoms with E-state index in [1.54, 1.807) is 0 Å². The number of aromatic nitrogens is 2. The molecule has 2 unspecified atom stereocenters. The van der Waals surface area contributed by atoms with Crippen molar-refractivity contribution in [3.05, 3.63) is 22.6 Å². The van der Waals surface area contributed by atoms with Crippen molar-refractivity contribution in [1.82, 2.24) is 9.55 Å². The highest BCUT2D eigenvalue weighted by molar-refractivity contribution is 9.10. The first kappa shape index (κ1) is 17.2. The van der Waals surface area contributed by atoms with Gasteiger partial charge in [-0.3, -0.25) is 4.57 Å². The summed E-state index contributed by atoms with van der Waals surface area (Å²) < 4.78 is 33.6. The van der Waals surface area contributed by atoms with Gasteiger partial charge in [-0.05, 0) is 35.2 Å². The molecule has 0 spiro atoms. The summed E-state index contributed by atoms with van der Waals surface area (Å²) in [6.45, 7) is 1.08. The third-order valence-electron chi connectivity index (χ3n) is 4.68. The number of pyridine rings is 1. The Labute approximate surface area is 153 Å². The van der Waals surface area contributed by atoms with Gasteiger partial charge in [-0.15, -0.1) is 0 Å². The number of aliphatic hydroxyl groups is 1. The van der Waals surface area contributed by atoms with Crippen LogP contribution in [0.1, 0.15) is 31.9 Å².